The molecule has 0 aliphatic carbocycles. The van der Waals surface area contributed by atoms with Gasteiger partial charge in [0.05, 0.1) is 4.92 Å². The molecule has 1 aromatic heterocycles. The Morgan fingerprint density at radius 1 is 1.58 bits per heavy atom. The van der Waals surface area contributed by atoms with Crippen molar-refractivity contribution in [1.29, 1.82) is 0 Å². The van der Waals surface area contributed by atoms with Crippen LogP contribution in [0.3, 0.4) is 0 Å². The second-order valence-electron chi connectivity index (χ2n) is 5.21. The van der Waals surface area contributed by atoms with Crippen LogP contribution in [0, 0.1) is 23.0 Å². The highest BCUT2D eigenvalue weighted by Crippen LogP contribution is 2.19. The van der Waals surface area contributed by atoms with Gasteiger partial charge in [-0.1, -0.05) is 0 Å². The zero-order valence-corrected chi connectivity index (χ0v) is 11.4. The van der Waals surface area contributed by atoms with Gasteiger partial charge in [-0.2, -0.15) is 0 Å². The monoisotopic (exact) mass is 264 g/mol. The van der Waals surface area contributed by atoms with Gasteiger partial charge in [-0.3, -0.25) is 10.1 Å². The fourth-order valence-corrected chi connectivity index (χ4v) is 2.53. The maximum atomic E-state index is 10.7. The fourth-order valence-electron chi connectivity index (χ4n) is 2.53. The van der Waals surface area contributed by atoms with E-state index in [0.717, 1.165) is 18.9 Å². The van der Waals surface area contributed by atoms with Crippen LogP contribution in [0.25, 0.3) is 0 Å². The number of anilines is 1. The van der Waals surface area contributed by atoms with E-state index in [2.05, 4.69) is 22.2 Å². The van der Waals surface area contributed by atoms with Gasteiger partial charge in [0.1, 0.15) is 11.5 Å². The van der Waals surface area contributed by atoms with Crippen LogP contribution in [0.1, 0.15) is 18.5 Å². The van der Waals surface area contributed by atoms with Gasteiger partial charge >= 0.3 is 0 Å². The molecule has 1 aliphatic rings. The summed E-state index contributed by atoms with van der Waals surface area (Å²) in [5, 5.41) is 14.0. The van der Waals surface area contributed by atoms with E-state index in [1.54, 1.807) is 13.0 Å². The third-order valence-corrected chi connectivity index (χ3v) is 3.55. The Morgan fingerprint density at radius 2 is 2.37 bits per heavy atom. The quantitative estimate of drug-likeness (QED) is 0.665. The number of hydrogen-bond donors (Lipinski definition) is 1. The molecule has 1 fully saturated rings. The summed E-state index contributed by atoms with van der Waals surface area (Å²) in [6.07, 6.45) is 2.46. The zero-order valence-electron chi connectivity index (χ0n) is 11.4. The molecule has 2 heterocycles. The summed E-state index contributed by atoms with van der Waals surface area (Å²) in [6.45, 7) is 4.80. The normalized spacial score (nSPS) is 20.2. The molecule has 2 rings (SSSR count). The average Bonchev–Trinajstić information content (AvgIpc) is 2.36. The van der Waals surface area contributed by atoms with Gasteiger partial charge in [0.15, 0.2) is 0 Å². The molecule has 104 valence electrons. The third-order valence-electron chi connectivity index (χ3n) is 3.55. The van der Waals surface area contributed by atoms with Crippen molar-refractivity contribution in [3.8, 4) is 0 Å². The number of aromatic nitrogens is 1. The smallest absolute Gasteiger partial charge is 0.290 e. The van der Waals surface area contributed by atoms with Gasteiger partial charge in [-0.05, 0) is 45.3 Å². The van der Waals surface area contributed by atoms with E-state index in [4.69, 9.17) is 0 Å². The minimum atomic E-state index is -0.401. The topological polar surface area (TPSA) is 71.3 Å². The molecular formula is C13H20N4O2. The van der Waals surface area contributed by atoms with Crippen LogP contribution in [0.4, 0.5) is 11.5 Å². The molecular weight excluding hydrogens is 244 g/mol. The van der Waals surface area contributed by atoms with Crippen LogP contribution in [-0.2, 0) is 0 Å². The van der Waals surface area contributed by atoms with Crippen LogP contribution >= 0.6 is 0 Å². The Morgan fingerprint density at radius 3 is 3.00 bits per heavy atom. The summed E-state index contributed by atoms with van der Waals surface area (Å²) in [5.41, 5.74) is 0.527. The lowest BCUT2D eigenvalue weighted by Gasteiger charge is -2.29. The Labute approximate surface area is 113 Å². The van der Waals surface area contributed by atoms with Gasteiger partial charge in [-0.25, -0.2) is 4.98 Å². The van der Waals surface area contributed by atoms with E-state index in [0.29, 0.717) is 11.6 Å². The van der Waals surface area contributed by atoms with Crippen LogP contribution in [0.2, 0.25) is 0 Å². The maximum Gasteiger partial charge on any atom is 0.290 e. The lowest BCUT2D eigenvalue weighted by atomic mass is 9.98. The molecule has 19 heavy (non-hydrogen) atoms. The number of aryl methyl sites for hydroxylation is 1. The highest BCUT2D eigenvalue weighted by atomic mass is 16.6. The Balaban J connectivity index is 1.92. The lowest BCUT2D eigenvalue weighted by Crippen LogP contribution is -2.35. The fraction of sp³-hybridized carbons (Fsp3) is 0.615. The number of rotatable bonds is 4. The van der Waals surface area contributed by atoms with Crippen LogP contribution in [-0.4, -0.2) is 41.5 Å². The van der Waals surface area contributed by atoms with Crippen molar-refractivity contribution >= 4 is 11.5 Å². The molecule has 0 saturated carbocycles. The molecule has 0 radical (unpaired) electrons. The Kier molecular flexibility index (Phi) is 4.31. The molecule has 6 heteroatoms. The van der Waals surface area contributed by atoms with Crippen molar-refractivity contribution in [2.45, 2.75) is 19.8 Å². The summed E-state index contributed by atoms with van der Waals surface area (Å²) >= 11 is 0. The average molecular weight is 264 g/mol. The van der Waals surface area contributed by atoms with E-state index in [9.17, 15) is 10.1 Å². The molecule has 0 spiro atoms. The summed E-state index contributed by atoms with van der Waals surface area (Å²) in [5.74, 6) is 1.34. The van der Waals surface area contributed by atoms with Crippen LogP contribution in [0.5, 0.6) is 0 Å². The number of pyridine rings is 1. The van der Waals surface area contributed by atoms with Crippen molar-refractivity contribution in [1.82, 2.24) is 9.88 Å². The molecule has 1 aliphatic heterocycles. The minimum absolute atomic E-state index is 0.0722. The van der Waals surface area contributed by atoms with E-state index in [-0.39, 0.29) is 5.69 Å². The van der Waals surface area contributed by atoms with Gasteiger partial charge in [0.25, 0.3) is 5.69 Å². The first-order valence-electron chi connectivity index (χ1n) is 6.60. The van der Waals surface area contributed by atoms with Crippen molar-refractivity contribution in [2.24, 2.45) is 5.92 Å². The predicted octanol–water partition coefficient (Wildman–Crippen LogP) is 2.05. The highest BCUT2D eigenvalue weighted by Gasteiger charge is 2.17. The number of nitrogens with zero attached hydrogens (tertiary/aromatic N) is 3. The number of nitrogens with one attached hydrogen (secondary N) is 1. The molecule has 1 unspecified atom stereocenters. The van der Waals surface area contributed by atoms with E-state index < -0.39 is 4.92 Å². The van der Waals surface area contributed by atoms with E-state index in [1.165, 1.54) is 25.5 Å². The number of nitro groups is 1. The Hall–Kier alpha value is -1.69. The number of hydrogen-bond acceptors (Lipinski definition) is 5. The molecule has 0 aromatic carbocycles. The molecule has 0 bridgehead atoms. The standard InChI is InChI=1S/C13H20N4O2/c1-10-12(17(18)19)5-6-13(15-10)14-8-11-4-3-7-16(2)9-11/h5-6,11H,3-4,7-9H2,1-2H3,(H,14,15). The van der Waals surface area contributed by atoms with Gasteiger partial charge in [-0.15, -0.1) is 0 Å². The minimum Gasteiger partial charge on any atom is -0.370 e. The molecule has 1 aromatic rings. The lowest BCUT2D eigenvalue weighted by molar-refractivity contribution is -0.385. The first kappa shape index (κ1) is 13.7. The predicted molar refractivity (Wildman–Crippen MR) is 74.3 cm³/mol. The summed E-state index contributed by atoms with van der Waals surface area (Å²) in [7, 11) is 2.14. The largest absolute Gasteiger partial charge is 0.370 e. The highest BCUT2D eigenvalue weighted by molar-refractivity contribution is 5.44. The third kappa shape index (κ3) is 3.64. The van der Waals surface area contributed by atoms with Crippen molar-refractivity contribution < 1.29 is 4.92 Å². The first-order valence-corrected chi connectivity index (χ1v) is 6.60. The number of likely N-dealkylation sites (tertiary alicyclic amines) is 1. The second-order valence-corrected chi connectivity index (χ2v) is 5.21. The second kappa shape index (κ2) is 5.97. The first-order chi connectivity index (χ1) is 9.06. The molecule has 6 nitrogen and oxygen atoms in total. The SMILES string of the molecule is Cc1nc(NCC2CCCN(C)C2)ccc1[N+](=O)[O-]. The van der Waals surface area contributed by atoms with Gasteiger partial charge in [0.2, 0.25) is 0 Å². The van der Waals surface area contributed by atoms with Crippen molar-refractivity contribution in [2.75, 3.05) is 32.0 Å². The molecule has 1 N–H and O–H groups in total. The Bertz CT molecular complexity index is 464. The van der Waals surface area contributed by atoms with E-state index in [1.807, 2.05) is 0 Å². The van der Waals surface area contributed by atoms with Crippen molar-refractivity contribution in [3.05, 3.63) is 27.9 Å². The van der Waals surface area contributed by atoms with Crippen LogP contribution < -0.4 is 5.32 Å². The maximum absolute atomic E-state index is 10.7. The van der Waals surface area contributed by atoms with Crippen LogP contribution in [0.15, 0.2) is 12.1 Å². The van der Waals surface area contributed by atoms with Gasteiger partial charge < -0.3 is 10.2 Å². The van der Waals surface area contributed by atoms with Gasteiger partial charge in [0, 0.05) is 19.2 Å². The summed E-state index contributed by atoms with van der Waals surface area (Å²) in [4.78, 5) is 16.9. The molecule has 0 amide bonds. The van der Waals surface area contributed by atoms with Crippen molar-refractivity contribution in [3.63, 3.8) is 0 Å². The molecule has 1 saturated heterocycles. The summed E-state index contributed by atoms with van der Waals surface area (Å²) < 4.78 is 0. The van der Waals surface area contributed by atoms with E-state index >= 15 is 0 Å². The summed E-state index contributed by atoms with van der Waals surface area (Å²) in [6, 6.07) is 3.19. The number of piperidine rings is 1. The molecule has 1 atom stereocenters. The zero-order chi connectivity index (χ0) is 13.8.